The van der Waals surface area contributed by atoms with Crippen LogP contribution in [0.1, 0.15) is 34.0 Å². The second kappa shape index (κ2) is 6.93. The Morgan fingerprint density at radius 3 is 2.29 bits per heavy atom. The first-order valence-electron chi connectivity index (χ1n) is 7.06. The number of carbonyl (C=O) groups is 1. The zero-order valence-electron chi connectivity index (χ0n) is 12.7. The quantitative estimate of drug-likeness (QED) is 0.749. The van der Waals surface area contributed by atoms with Gasteiger partial charge in [0.05, 0.1) is 12.2 Å². The van der Waals surface area contributed by atoms with Crippen LogP contribution in [0, 0.1) is 13.8 Å². The van der Waals surface area contributed by atoms with Crippen LogP contribution in [0.5, 0.6) is 11.5 Å². The van der Waals surface area contributed by atoms with Crippen LogP contribution in [0.25, 0.3) is 0 Å². The van der Waals surface area contributed by atoms with E-state index in [-0.39, 0.29) is 0 Å². The van der Waals surface area contributed by atoms with Crippen LogP contribution in [0.3, 0.4) is 0 Å². The lowest BCUT2D eigenvalue weighted by Crippen LogP contribution is -2.04. The van der Waals surface area contributed by atoms with Crippen molar-refractivity contribution in [2.45, 2.75) is 27.4 Å². The molecule has 0 saturated carbocycles. The smallest absolute Gasteiger partial charge is 0.172 e. The first kappa shape index (κ1) is 15.1. The fourth-order valence-electron chi connectivity index (χ4n) is 2.27. The average Bonchev–Trinajstić information content (AvgIpc) is 2.48. The SMILES string of the molecule is CCOc1cccc(C=O)c1OCc1c(C)cccc1C. The van der Waals surface area contributed by atoms with Gasteiger partial charge < -0.3 is 9.47 Å². The zero-order chi connectivity index (χ0) is 15.2. The Bertz CT molecular complexity index is 612. The molecule has 0 aliphatic heterocycles. The Hall–Kier alpha value is -2.29. The highest BCUT2D eigenvalue weighted by molar-refractivity contribution is 5.81. The predicted octanol–water partition coefficient (Wildman–Crippen LogP) is 4.09. The molecule has 0 radical (unpaired) electrons. The van der Waals surface area contributed by atoms with Gasteiger partial charge in [0.1, 0.15) is 6.61 Å². The molecule has 0 spiro atoms. The van der Waals surface area contributed by atoms with Crippen molar-refractivity contribution < 1.29 is 14.3 Å². The molecule has 110 valence electrons. The summed E-state index contributed by atoms with van der Waals surface area (Å²) in [5.41, 5.74) is 4.00. The lowest BCUT2D eigenvalue weighted by Gasteiger charge is -2.15. The predicted molar refractivity (Wildman–Crippen MR) is 83.2 cm³/mol. The van der Waals surface area contributed by atoms with Crippen molar-refractivity contribution in [3.63, 3.8) is 0 Å². The Labute approximate surface area is 125 Å². The molecule has 0 heterocycles. The summed E-state index contributed by atoms with van der Waals surface area (Å²) in [6.07, 6.45) is 0.794. The molecule has 3 heteroatoms. The molecule has 21 heavy (non-hydrogen) atoms. The van der Waals surface area contributed by atoms with Crippen LogP contribution in [0.15, 0.2) is 36.4 Å². The third-order valence-electron chi connectivity index (χ3n) is 3.44. The van der Waals surface area contributed by atoms with Crippen LogP contribution >= 0.6 is 0 Å². The molecule has 2 aromatic rings. The first-order chi connectivity index (χ1) is 10.2. The minimum atomic E-state index is 0.420. The van der Waals surface area contributed by atoms with Crippen LogP contribution in [-0.2, 0) is 6.61 Å². The van der Waals surface area contributed by atoms with Gasteiger partial charge >= 0.3 is 0 Å². The maximum atomic E-state index is 11.2. The van der Waals surface area contributed by atoms with Gasteiger partial charge in [-0.3, -0.25) is 4.79 Å². The molecule has 2 aromatic carbocycles. The van der Waals surface area contributed by atoms with Crippen molar-refractivity contribution in [3.8, 4) is 11.5 Å². The molecule has 0 unspecified atom stereocenters. The van der Waals surface area contributed by atoms with Crippen molar-refractivity contribution in [1.29, 1.82) is 0 Å². The fraction of sp³-hybridized carbons (Fsp3) is 0.278. The minimum Gasteiger partial charge on any atom is -0.490 e. The number of aryl methyl sites for hydroxylation is 2. The Morgan fingerprint density at radius 2 is 1.67 bits per heavy atom. The van der Waals surface area contributed by atoms with Crippen molar-refractivity contribution in [3.05, 3.63) is 58.7 Å². The van der Waals surface area contributed by atoms with Crippen molar-refractivity contribution in [2.75, 3.05) is 6.61 Å². The highest BCUT2D eigenvalue weighted by atomic mass is 16.5. The molecule has 0 aliphatic carbocycles. The van der Waals surface area contributed by atoms with E-state index in [1.54, 1.807) is 12.1 Å². The largest absolute Gasteiger partial charge is 0.490 e. The molecular weight excluding hydrogens is 264 g/mol. The van der Waals surface area contributed by atoms with E-state index in [0.717, 1.165) is 11.8 Å². The molecule has 0 aliphatic rings. The molecule has 0 aromatic heterocycles. The van der Waals surface area contributed by atoms with Gasteiger partial charge in [0.25, 0.3) is 0 Å². The van der Waals surface area contributed by atoms with E-state index in [1.807, 2.05) is 19.1 Å². The topological polar surface area (TPSA) is 35.5 Å². The molecule has 0 atom stereocenters. The van der Waals surface area contributed by atoms with Gasteiger partial charge in [-0.2, -0.15) is 0 Å². The van der Waals surface area contributed by atoms with E-state index in [0.29, 0.717) is 30.3 Å². The summed E-state index contributed by atoms with van der Waals surface area (Å²) in [4.78, 5) is 11.2. The first-order valence-corrected chi connectivity index (χ1v) is 7.06. The summed E-state index contributed by atoms with van der Waals surface area (Å²) < 4.78 is 11.4. The molecule has 3 nitrogen and oxygen atoms in total. The number of carbonyl (C=O) groups excluding carboxylic acids is 1. The summed E-state index contributed by atoms with van der Waals surface area (Å²) in [6.45, 7) is 6.97. The van der Waals surface area contributed by atoms with Crippen LogP contribution in [0.4, 0.5) is 0 Å². The van der Waals surface area contributed by atoms with Gasteiger partial charge in [-0.1, -0.05) is 24.3 Å². The van der Waals surface area contributed by atoms with Crippen molar-refractivity contribution >= 4 is 6.29 Å². The number of hydrogen-bond donors (Lipinski definition) is 0. The number of para-hydroxylation sites is 1. The Morgan fingerprint density at radius 1 is 1.00 bits per heavy atom. The van der Waals surface area contributed by atoms with Gasteiger partial charge in [0, 0.05) is 0 Å². The van der Waals surface area contributed by atoms with E-state index in [4.69, 9.17) is 9.47 Å². The number of rotatable bonds is 6. The van der Waals surface area contributed by atoms with Crippen molar-refractivity contribution in [2.24, 2.45) is 0 Å². The molecular formula is C18H20O3. The van der Waals surface area contributed by atoms with Gasteiger partial charge in [-0.15, -0.1) is 0 Å². The second-order valence-corrected chi connectivity index (χ2v) is 4.88. The number of aldehydes is 1. The minimum absolute atomic E-state index is 0.420. The summed E-state index contributed by atoms with van der Waals surface area (Å²) in [7, 11) is 0. The van der Waals surface area contributed by atoms with E-state index in [2.05, 4.69) is 26.0 Å². The van der Waals surface area contributed by atoms with E-state index in [1.165, 1.54) is 11.1 Å². The Balaban J connectivity index is 2.29. The lowest BCUT2D eigenvalue weighted by molar-refractivity contribution is 0.111. The van der Waals surface area contributed by atoms with E-state index in [9.17, 15) is 4.79 Å². The van der Waals surface area contributed by atoms with Crippen LogP contribution in [0.2, 0.25) is 0 Å². The van der Waals surface area contributed by atoms with Gasteiger partial charge in [-0.05, 0) is 49.6 Å². The number of benzene rings is 2. The molecule has 0 amide bonds. The third-order valence-corrected chi connectivity index (χ3v) is 3.44. The Kier molecular flexibility index (Phi) is 4.99. The lowest BCUT2D eigenvalue weighted by atomic mass is 10.0. The van der Waals surface area contributed by atoms with Gasteiger partial charge in [-0.25, -0.2) is 0 Å². The standard InChI is InChI=1S/C18H20O3/c1-4-20-17-10-6-9-15(11-19)18(17)21-12-16-13(2)7-5-8-14(16)3/h5-11H,4,12H2,1-3H3. The normalized spacial score (nSPS) is 10.2. The number of hydrogen-bond acceptors (Lipinski definition) is 3. The maximum absolute atomic E-state index is 11.2. The van der Waals surface area contributed by atoms with E-state index < -0.39 is 0 Å². The highest BCUT2D eigenvalue weighted by Crippen LogP contribution is 2.31. The zero-order valence-corrected chi connectivity index (χ0v) is 12.7. The summed E-state index contributed by atoms with van der Waals surface area (Å²) in [5, 5.41) is 0. The molecule has 0 bridgehead atoms. The van der Waals surface area contributed by atoms with E-state index >= 15 is 0 Å². The molecule has 2 rings (SSSR count). The third kappa shape index (κ3) is 3.43. The maximum Gasteiger partial charge on any atom is 0.172 e. The fourth-order valence-corrected chi connectivity index (χ4v) is 2.27. The van der Waals surface area contributed by atoms with Crippen LogP contribution < -0.4 is 9.47 Å². The summed E-state index contributed by atoms with van der Waals surface area (Å²) in [5.74, 6) is 1.12. The van der Waals surface area contributed by atoms with Crippen molar-refractivity contribution in [1.82, 2.24) is 0 Å². The molecule has 0 N–H and O–H groups in total. The summed E-state index contributed by atoms with van der Waals surface area (Å²) >= 11 is 0. The van der Waals surface area contributed by atoms with Gasteiger partial charge in [0.2, 0.25) is 0 Å². The average molecular weight is 284 g/mol. The summed E-state index contributed by atoms with van der Waals surface area (Å²) in [6, 6.07) is 11.5. The van der Waals surface area contributed by atoms with Gasteiger partial charge in [0.15, 0.2) is 17.8 Å². The van der Waals surface area contributed by atoms with Crippen LogP contribution in [-0.4, -0.2) is 12.9 Å². The molecule has 0 fully saturated rings. The molecule has 0 saturated heterocycles. The monoisotopic (exact) mass is 284 g/mol. The number of ether oxygens (including phenoxy) is 2. The second-order valence-electron chi connectivity index (χ2n) is 4.88. The highest BCUT2D eigenvalue weighted by Gasteiger charge is 2.12.